The third-order valence-corrected chi connectivity index (χ3v) is 5.70. The molecule has 0 spiro atoms. The van der Waals surface area contributed by atoms with Crippen molar-refractivity contribution in [1.29, 1.82) is 0 Å². The predicted molar refractivity (Wildman–Crippen MR) is 116 cm³/mol. The number of non-ortho nitro benzene ring substituents is 1. The third kappa shape index (κ3) is 4.13. The molecule has 1 aliphatic rings. The zero-order chi connectivity index (χ0) is 20.4. The second-order valence-electron chi connectivity index (χ2n) is 6.26. The van der Waals surface area contributed by atoms with Crippen molar-refractivity contribution >= 4 is 46.0 Å². The number of nitrogens with zero attached hydrogens (tertiary/aromatic N) is 2. The smallest absolute Gasteiger partial charge is 0.269 e. The summed E-state index contributed by atoms with van der Waals surface area (Å²) in [6.45, 7) is 0.426. The van der Waals surface area contributed by atoms with E-state index in [2.05, 4.69) is 0 Å². The minimum Gasteiger partial charge on any atom is -0.457 e. The molecule has 1 amide bonds. The standard InChI is InChI=1S/C21H14N2O4S2/c24-20-19(29-21(28)22(20)13-14-4-2-1-3-5-14)12-17-10-11-18(27-17)15-6-8-16(9-7-15)23(25)26/h1-12H,13H2. The molecule has 0 bridgehead atoms. The van der Waals surface area contributed by atoms with Crippen molar-refractivity contribution < 1.29 is 14.1 Å². The molecule has 0 unspecified atom stereocenters. The van der Waals surface area contributed by atoms with Gasteiger partial charge in [-0.1, -0.05) is 54.3 Å². The van der Waals surface area contributed by atoms with Crippen LogP contribution in [0.4, 0.5) is 5.69 Å². The fraction of sp³-hybridized carbons (Fsp3) is 0.0476. The molecular formula is C21H14N2O4S2. The molecule has 0 N–H and O–H groups in total. The lowest BCUT2D eigenvalue weighted by molar-refractivity contribution is -0.384. The van der Waals surface area contributed by atoms with Crippen LogP contribution in [0.2, 0.25) is 0 Å². The Morgan fingerprint density at radius 1 is 1.07 bits per heavy atom. The van der Waals surface area contributed by atoms with Gasteiger partial charge in [-0.15, -0.1) is 0 Å². The zero-order valence-electron chi connectivity index (χ0n) is 15.0. The second-order valence-corrected chi connectivity index (χ2v) is 7.94. The highest BCUT2D eigenvalue weighted by Gasteiger charge is 2.32. The lowest BCUT2D eigenvalue weighted by atomic mass is 10.1. The highest BCUT2D eigenvalue weighted by molar-refractivity contribution is 8.26. The van der Waals surface area contributed by atoms with Crippen LogP contribution in [-0.4, -0.2) is 20.1 Å². The first-order valence-corrected chi connectivity index (χ1v) is 9.88. The number of carbonyl (C=O) groups is 1. The van der Waals surface area contributed by atoms with E-state index < -0.39 is 4.92 Å². The van der Waals surface area contributed by atoms with E-state index in [4.69, 9.17) is 16.6 Å². The molecule has 29 heavy (non-hydrogen) atoms. The topological polar surface area (TPSA) is 76.6 Å². The van der Waals surface area contributed by atoms with Crippen molar-refractivity contribution in [2.45, 2.75) is 6.54 Å². The number of rotatable bonds is 5. The molecule has 2 aromatic carbocycles. The Kier molecular flexibility index (Phi) is 5.28. The number of nitro groups is 1. The second kappa shape index (κ2) is 8.02. The molecule has 1 saturated heterocycles. The first-order valence-electron chi connectivity index (χ1n) is 8.65. The van der Waals surface area contributed by atoms with Crippen LogP contribution in [-0.2, 0) is 11.3 Å². The van der Waals surface area contributed by atoms with Crippen LogP contribution in [0.25, 0.3) is 17.4 Å². The number of amides is 1. The maximum Gasteiger partial charge on any atom is 0.269 e. The van der Waals surface area contributed by atoms with Gasteiger partial charge in [-0.2, -0.15) is 0 Å². The number of hydrogen-bond acceptors (Lipinski definition) is 6. The molecule has 0 saturated carbocycles. The highest BCUT2D eigenvalue weighted by atomic mass is 32.2. The fourth-order valence-corrected chi connectivity index (χ4v) is 4.10. The molecule has 8 heteroatoms. The molecule has 4 rings (SSSR count). The largest absolute Gasteiger partial charge is 0.457 e. The van der Waals surface area contributed by atoms with Gasteiger partial charge >= 0.3 is 0 Å². The van der Waals surface area contributed by atoms with Gasteiger partial charge in [0.1, 0.15) is 15.8 Å². The molecule has 0 radical (unpaired) electrons. The van der Waals surface area contributed by atoms with E-state index in [-0.39, 0.29) is 11.6 Å². The molecule has 6 nitrogen and oxygen atoms in total. The number of thioether (sulfide) groups is 1. The Hall–Kier alpha value is -3.23. The number of nitro benzene ring substituents is 1. The van der Waals surface area contributed by atoms with Crippen molar-refractivity contribution in [2.24, 2.45) is 0 Å². The van der Waals surface area contributed by atoms with Crippen LogP contribution >= 0.6 is 24.0 Å². The van der Waals surface area contributed by atoms with Crippen LogP contribution in [0.5, 0.6) is 0 Å². The summed E-state index contributed by atoms with van der Waals surface area (Å²) in [4.78, 5) is 25.1. The fourth-order valence-electron chi connectivity index (χ4n) is 2.86. The zero-order valence-corrected chi connectivity index (χ0v) is 16.6. The van der Waals surface area contributed by atoms with Gasteiger partial charge in [0.2, 0.25) is 0 Å². The van der Waals surface area contributed by atoms with Gasteiger partial charge in [0, 0.05) is 23.8 Å². The molecule has 1 aliphatic heterocycles. The van der Waals surface area contributed by atoms with E-state index in [0.29, 0.717) is 32.9 Å². The lowest BCUT2D eigenvalue weighted by Gasteiger charge is -2.14. The number of benzene rings is 2. The van der Waals surface area contributed by atoms with E-state index in [1.54, 1.807) is 35.2 Å². The van der Waals surface area contributed by atoms with Crippen LogP contribution in [0.15, 0.2) is 76.1 Å². The van der Waals surface area contributed by atoms with Crippen LogP contribution in [0, 0.1) is 10.1 Å². The van der Waals surface area contributed by atoms with Crippen molar-refractivity contribution in [1.82, 2.24) is 4.90 Å². The van der Waals surface area contributed by atoms with Gasteiger partial charge in [-0.25, -0.2) is 0 Å². The summed E-state index contributed by atoms with van der Waals surface area (Å²) in [5.74, 6) is 0.918. The highest BCUT2D eigenvalue weighted by Crippen LogP contribution is 2.34. The summed E-state index contributed by atoms with van der Waals surface area (Å²) >= 11 is 6.61. The van der Waals surface area contributed by atoms with E-state index in [9.17, 15) is 14.9 Å². The Labute approximate surface area is 176 Å². The van der Waals surface area contributed by atoms with Gasteiger partial charge in [0.05, 0.1) is 16.4 Å². The molecule has 1 fully saturated rings. The van der Waals surface area contributed by atoms with Gasteiger partial charge in [-0.05, 0) is 29.8 Å². The van der Waals surface area contributed by atoms with E-state index >= 15 is 0 Å². The summed E-state index contributed by atoms with van der Waals surface area (Å²) < 4.78 is 6.30. The molecule has 0 aliphatic carbocycles. The van der Waals surface area contributed by atoms with Gasteiger partial charge in [-0.3, -0.25) is 19.8 Å². The summed E-state index contributed by atoms with van der Waals surface area (Å²) in [6, 6.07) is 19.3. The quantitative estimate of drug-likeness (QED) is 0.242. The normalized spacial score (nSPS) is 15.3. The van der Waals surface area contributed by atoms with Gasteiger partial charge < -0.3 is 4.42 Å². The van der Waals surface area contributed by atoms with E-state index in [1.165, 1.54) is 23.9 Å². The van der Waals surface area contributed by atoms with Crippen molar-refractivity contribution in [3.05, 3.63) is 93.1 Å². The van der Waals surface area contributed by atoms with Crippen LogP contribution < -0.4 is 0 Å². The van der Waals surface area contributed by atoms with Gasteiger partial charge in [0.15, 0.2) is 0 Å². The molecule has 3 aromatic rings. The summed E-state index contributed by atoms with van der Waals surface area (Å²) in [5.41, 5.74) is 1.73. The van der Waals surface area contributed by atoms with Crippen LogP contribution in [0.1, 0.15) is 11.3 Å². The maximum atomic E-state index is 12.7. The number of hydrogen-bond donors (Lipinski definition) is 0. The molecule has 144 valence electrons. The Bertz CT molecular complexity index is 1120. The monoisotopic (exact) mass is 422 g/mol. The first kappa shape index (κ1) is 19.1. The number of carbonyl (C=O) groups excluding carboxylic acids is 1. The minimum atomic E-state index is -0.450. The van der Waals surface area contributed by atoms with Gasteiger partial charge in [0.25, 0.3) is 11.6 Å². The van der Waals surface area contributed by atoms with E-state index in [0.717, 1.165) is 5.56 Å². The average molecular weight is 422 g/mol. The maximum absolute atomic E-state index is 12.7. The number of thiocarbonyl (C=S) groups is 1. The molecule has 0 atom stereocenters. The van der Waals surface area contributed by atoms with Crippen molar-refractivity contribution in [3.63, 3.8) is 0 Å². The average Bonchev–Trinajstić information content (AvgIpc) is 3.29. The summed E-state index contributed by atoms with van der Waals surface area (Å²) in [7, 11) is 0. The van der Waals surface area contributed by atoms with Crippen molar-refractivity contribution in [3.8, 4) is 11.3 Å². The Morgan fingerprint density at radius 2 is 1.79 bits per heavy atom. The number of furan rings is 1. The van der Waals surface area contributed by atoms with Crippen LogP contribution in [0.3, 0.4) is 0 Å². The summed E-state index contributed by atoms with van der Waals surface area (Å²) in [6.07, 6.45) is 1.67. The molecule has 1 aromatic heterocycles. The first-order chi connectivity index (χ1) is 14.0. The molecule has 2 heterocycles. The summed E-state index contributed by atoms with van der Waals surface area (Å²) in [5, 5.41) is 10.8. The Morgan fingerprint density at radius 3 is 2.48 bits per heavy atom. The van der Waals surface area contributed by atoms with E-state index in [1.807, 2.05) is 30.3 Å². The SMILES string of the molecule is O=C1C(=Cc2ccc(-c3ccc([N+](=O)[O-])cc3)o2)SC(=S)N1Cc1ccccc1. The third-order valence-electron chi connectivity index (χ3n) is 4.32. The molecular weight excluding hydrogens is 408 g/mol. The predicted octanol–water partition coefficient (Wildman–Crippen LogP) is 5.26. The minimum absolute atomic E-state index is 0.0163. The van der Waals surface area contributed by atoms with Crippen molar-refractivity contribution in [2.75, 3.05) is 0 Å². The lowest BCUT2D eigenvalue weighted by Crippen LogP contribution is -2.27. The Balaban J connectivity index is 1.52.